The molecule has 4 heteroatoms. The van der Waals surface area contributed by atoms with Gasteiger partial charge in [-0.1, -0.05) is 85.0 Å². The minimum absolute atomic E-state index is 0.0893. The molecule has 0 bridgehead atoms. The summed E-state index contributed by atoms with van der Waals surface area (Å²) in [5, 5.41) is 20.3. The Bertz CT molecular complexity index is 1060. The molecule has 0 saturated carbocycles. The number of hydrogen-bond donors (Lipinski definition) is 0. The van der Waals surface area contributed by atoms with E-state index in [0.29, 0.717) is 12.8 Å². The Labute approximate surface area is 197 Å². The van der Waals surface area contributed by atoms with Crippen LogP contribution in [-0.2, 0) is 9.47 Å². The lowest BCUT2D eigenvalue weighted by molar-refractivity contribution is -0.217. The Morgan fingerprint density at radius 2 is 1.67 bits per heavy atom. The Morgan fingerprint density at radius 3 is 2.21 bits per heavy atom. The van der Waals surface area contributed by atoms with Crippen LogP contribution in [0.25, 0.3) is 6.08 Å². The van der Waals surface area contributed by atoms with E-state index < -0.39 is 11.2 Å². The predicted octanol–water partition coefficient (Wildman–Crippen LogP) is 6.42. The first-order valence-electron chi connectivity index (χ1n) is 11.1. The summed E-state index contributed by atoms with van der Waals surface area (Å²) in [6.07, 6.45) is 9.14. The number of hydrogen-bond acceptors (Lipinski definition) is 4. The van der Waals surface area contributed by atoms with Crippen LogP contribution in [0.4, 0.5) is 0 Å². The Kier molecular flexibility index (Phi) is 8.01. The average Bonchev–Trinajstić information content (AvgIpc) is 2.89. The summed E-state index contributed by atoms with van der Waals surface area (Å²) < 4.78 is 11.6. The van der Waals surface area contributed by atoms with Crippen LogP contribution < -0.4 is 0 Å². The van der Waals surface area contributed by atoms with Crippen molar-refractivity contribution in [1.29, 1.82) is 10.5 Å². The maximum atomic E-state index is 10.1. The van der Waals surface area contributed by atoms with Gasteiger partial charge in [0.1, 0.15) is 0 Å². The van der Waals surface area contributed by atoms with Gasteiger partial charge < -0.3 is 9.47 Å². The van der Waals surface area contributed by atoms with Crippen LogP contribution >= 0.6 is 0 Å². The smallest absolute Gasteiger partial charge is 0.171 e. The summed E-state index contributed by atoms with van der Waals surface area (Å²) in [6, 6.07) is 24.9. The summed E-state index contributed by atoms with van der Waals surface area (Å²) in [6.45, 7) is 3.81. The van der Waals surface area contributed by atoms with E-state index in [1.54, 1.807) is 20.3 Å². The van der Waals surface area contributed by atoms with Crippen LogP contribution in [0.3, 0.4) is 0 Å². The van der Waals surface area contributed by atoms with Gasteiger partial charge in [-0.05, 0) is 22.6 Å². The molecule has 3 rings (SSSR count). The first-order chi connectivity index (χ1) is 16.1. The van der Waals surface area contributed by atoms with Crippen LogP contribution in [0.2, 0.25) is 0 Å². The molecule has 33 heavy (non-hydrogen) atoms. The van der Waals surface area contributed by atoms with Crippen molar-refractivity contribution < 1.29 is 9.47 Å². The van der Waals surface area contributed by atoms with Crippen molar-refractivity contribution in [1.82, 2.24) is 0 Å². The third-order valence-corrected chi connectivity index (χ3v) is 6.55. The normalized spacial score (nSPS) is 18.7. The van der Waals surface area contributed by atoms with Gasteiger partial charge in [0.2, 0.25) is 0 Å². The Hall–Kier alpha value is -3.44. The molecule has 0 fully saturated rings. The number of ether oxygens (including phenoxy) is 2. The molecule has 2 aromatic rings. The van der Waals surface area contributed by atoms with E-state index in [1.807, 2.05) is 42.5 Å². The van der Waals surface area contributed by atoms with E-state index in [-0.39, 0.29) is 18.3 Å². The van der Waals surface area contributed by atoms with Gasteiger partial charge in [0.25, 0.3) is 0 Å². The minimum atomic E-state index is -1.28. The largest absolute Gasteiger partial charge is 0.353 e. The van der Waals surface area contributed by atoms with Gasteiger partial charge in [0, 0.05) is 39.4 Å². The van der Waals surface area contributed by atoms with E-state index in [9.17, 15) is 10.5 Å². The molecular weight excluding hydrogens is 408 g/mol. The highest BCUT2D eigenvalue weighted by atomic mass is 16.7. The molecule has 1 aliphatic rings. The van der Waals surface area contributed by atoms with E-state index in [0.717, 1.165) is 16.7 Å². The first kappa shape index (κ1) is 24.2. The molecule has 0 spiro atoms. The second-order valence-electron chi connectivity index (χ2n) is 8.32. The summed E-state index contributed by atoms with van der Waals surface area (Å²) >= 11 is 0. The van der Waals surface area contributed by atoms with Crippen LogP contribution in [0.15, 0.2) is 91.0 Å². The molecule has 0 N–H and O–H groups in total. The van der Waals surface area contributed by atoms with Gasteiger partial charge in [0.05, 0.1) is 12.1 Å². The standard InChI is InChI=1S/C29H30N2O2/c1-4-18-28(21-30,22-31)27-17-19-29(32-2,33-3)20-26(27)25(24-13-9-6-10-14-24)16-15-23-11-7-5-8-12-23/h4-17,25-26H,1,18-20H2,2-3H3/b16-15+/t25?,26-/m0/s1. The molecular formula is C29H30N2O2. The second-order valence-corrected chi connectivity index (χ2v) is 8.32. The van der Waals surface area contributed by atoms with Crippen molar-refractivity contribution in [2.45, 2.75) is 31.0 Å². The zero-order valence-electron chi connectivity index (χ0n) is 19.3. The highest BCUT2D eigenvalue weighted by Gasteiger charge is 2.47. The van der Waals surface area contributed by atoms with Crippen molar-refractivity contribution in [3.8, 4) is 12.1 Å². The number of benzene rings is 2. The van der Waals surface area contributed by atoms with E-state index >= 15 is 0 Å². The van der Waals surface area contributed by atoms with E-state index in [4.69, 9.17) is 9.47 Å². The van der Waals surface area contributed by atoms with Crippen LogP contribution in [0.1, 0.15) is 36.3 Å². The van der Waals surface area contributed by atoms with Gasteiger partial charge >= 0.3 is 0 Å². The molecule has 2 atom stereocenters. The number of rotatable bonds is 9. The third kappa shape index (κ3) is 5.15. The fourth-order valence-corrected chi connectivity index (χ4v) is 4.68. The quantitative estimate of drug-likeness (QED) is 0.335. The van der Waals surface area contributed by atoms with Gasteiger partial charge in [-0.3, -0.25) is 0 Å². The zero-order valence-corrected chi connectivity index (χ0v) is 19.3. The van der Waals surface area contributed by atoms with Gasteiger partial charge in [-0.15, -0.1) is 6.58 Å². The van der Waals surface area contributed by atoms with Crippen molar-refractivity contribution in [2.24, 2.45) is 11.3 Å². The molecule has 1 aliphatic carbocycles. The monoisotopic (exact) mass is 438 g/mol. The number of allylic oxidation sites excluding steroid dienone is 3. The van der Waals surface area contributed by atoms with Crippen LogP contribution in [-0.4, -0.2) is 20.0 Å². The highest BCUT2D eigenvalue weighted by Crippen LogP contribution is 2.50. The summed E-state index contributed by atoms with van der Waals surface area (Å²) in [7, 11) is 3.28. The van der Waals surface area contributed by atoms with Crippen molar-refractivity contribution in [3.63, 3.8) is 0 Å². The van der Waals surface area contributed by atoms with Gasteiger partial charge in [-0.25, -0.2) is 0 Å². The number of methoxy groups -OCH3 is 2. The predicted molar refractivity (Wildman–Crippen MR) is 131 cm³/mol. The molecule has 4 nitrogen and oxygen atoms in total. The first-order valence-corrected chi connectivity index (χ1v) is 11.1. The summed E-state index contributed by atoms with van der Waals surface area (Å²) in [4.78, 5) is 0. The lowest BCUT2D eigenvalue weighted by atomic mass is 9.64. The molecule has 0 saturated heterocycles. The SMILES string of the molecule is C=CCC(C#N)(C#N)C1=CCC(OC)(OC)C[C@H]1C(/C=C/c1ccccc1)c1ccccc1. The molecule has 0 aliphatic heterocycles. The number of nitriles is 2. The number of nitrogens with zero attached hydrogens (tertiary/aromatic N) is 2. The summed E-state index contributed by atoms with van der Waals surface area (Å²) in [5.74, 6) is -1.08. The second kappa shape index (κ2) is 10.9. The topological polar surface area (TPSA) is 66.0 Å². The molecule has 0 aromatic heterocycles. The Balaban J connectivity index is 2.18. The molecule has 0 amide bonds. The average molecular weight is 439 g/mol. The molecule has 0 heterocycles. The molecule has 0 radical (unpaired) electrons. The minimum Gasteiger partial charge on any atom is -0.353 e. The molecule has 1 unspecified atom stereocenters. The lowest BCUT2D eigenvalue weighted by Crippen LogP contribution is -2.42. The van der Waals surface area contributed by atoms with Gasteiger partial charge in [0.15, 0.2) is 11.2 Å². The maximum Gasteiger partial charge on any atom is 0.171 e. The van der Waals surface area contributed by atoms with Crippen molar-refractivity contribution in [2.75, 3.05) is 14.2 Å². The third-order valence-electron chi connectivity index (χ3n) is 6.55. The zero-order chi connectivity index (χ0) is 23.7. The van der Waals surface area contributed by atoms with Crippen LogP contribution in [0.5, 0.6) is 0 Å². The fourth-order valence-electron chi connectivity index (χ4n) is 4.68. The fraction of sp³-hybridized carbons (Fsp3) is 0.310. The van der Waals surface area contributed by atoms with Gasteiger partial charge in [-0.2, -0.15) is 10.5 Å². The maximum absolute atomic E-state index is 10.1. The highest BCUT2D eigenvalue weighted by molar-refractivity contribution is 5.52. The molecule has 168 valence electrons. The van der Waals surface area contributed by atoms with Crippen molar-refractivity contribution >= 4 is 6.08 Å². The van der Waals surface area contributed by atoms with E-state index in [2.05, 4.69) is 55.1 Å². The Morgan fingerprint density at radius 1 is 1.06 bits per heavy atom. The van der Waals surface area contributed by atoms with Crippen molar-refractivity contribution in [3.05, 3.63) is 102 Å². The summed E-state index contributed by atoms with van der Waals surface area (Å²) in [5.41, 5.74) is 1.71. The lowest BCUT2D eigenvalue weighted by Gasteiger charge is -2.43. The van der Waals surface area contributed by atoms with E-state index in [1.165, 1.54) is 0 Å². The van der Waals surface area contributed by atoms with Crippen LogP contribution in [0, 0.1) is 34.0 Å². The molecule has 2 aromatic carbocycles.